The molecule has 25 heavy (non-hydrogen) atoms. The Balaban J connectivity index is 1.62. The number of esters is 1. The van der Waals surface area contributed by atoms with Gasteiger partial charge in [0.1, 0.15) is 5.69 Å². The molecule has 0 aliphatic heterocycles. The molecule has 0 saturated heterocycles. The predicted octanol–water partition coefficient (Wildman–Crippen LogP) is 3.00. The van der Waals surface area contributed by atoms with Crippen LogP contribution in [0.2, 0.25) is 0 Å². The largest absolute Gasteiger partial charge is 0.452 e. The van der Waals surface area contributed by atoms with E-state index in [4.69, 9.17) is 4.74 Å². The maximum absolute atomic E-state index is 12.0. The first-order valence-corrected chi connectivity index (χ1v) is 7.96. The van der Waals surface area contributed by atoms with E-state index in [0.717, 1.165) is 10.2 Å². The summed E-state index contributed by atoms with van der Waals surface area (Å²) >= 11 is 1.39. The van der Waals surface area contributed by atoms with Crippen LogP contribution in [-0.4, -0.2) is 28.4 Å². The van der Waals surface area contributed by atoms with Gasteiger partial charge in [-0.3, -0.25) is 14.9 Å². The van der Waals surface area contributed by atoms with Gasteiger partial charge in [0.05, 0.1) is 26.2 Å². The van der Waals surface area contributed by atoms with E-state index < -0.39 is 23.4 Å². The third-order valence-corrected chi connectivity index (χ3v) is 4.07. The molecule has 8 nitrogen and oxygen atoms in total. The number of carbonyl (C=O) groups excluding carboxylic acids is 2. The molecule has 0 aliphatic carbocycles. The van der Waals surface area contributed by atoms with Crippen molar-refractivity contribution in [3.63, 3.8) is 0 Å². The molecule has 1 aromatic heterocycles. The molecule has 2 aromatic carbocycles. The van der Waals surface area contributed by atoms with E-state index >= 15 is 0 Å². The zero-order chi connectivity index (χ0) is 17.8. The molecule has 9 heteroatoms. The molecule has 0 atom stereocenters. The maximum atomic E-state index is 12.0. The molecular weight excluding hydrogens is 346 g/mol. The van der Waals surface area contributed by atoms with Crippen LogP contribution in [0.5, 0.6) is 0 Å². The zero-order valence-electron chi connectivity index (χ0n) is 12.7. The molecule has 3 rings (SSSR count). The SMILES string of the molecule is O=C(COC(=O)c1ccc2ncsc2c1)Nc1ccccc1[N+](=O)[O-]. The van der Waals surface area contributed by atoms with Gasteiger partial charge in [-0.25, -0.2) is 9.78 Å². The minimum absolute atomic E-state index is 0.0413. The lowest BCUT2D eigenvalue weighted by Crippen LogP contribution is -2.21. The number of aromatic nitrogens is 1. The molecule has 3 aromatic rings. The summed E-state index contributed by atoms with van der Waals surface area (Å²) in [6, 6.07) is 10.6. The van der Waals surface area contributed by atoms with E-state index in [9.17, 15) is 19.7 Å². The average Bonchev–Trinajstić information content (AvgIpc) is 3.07. The fourth-order valence-corrected chi connectivity index (χ4v) is 2.84. The Hall–Kier alpha value is -3.33. The Labute approximate surface area is 145 Å². The van der Waals surface area contributed by atoms with Crippen molar-refractivity contribution in [1.82, 2.24) is 4.98 Å². The number of hydrogen-bond donors (Lipinski definition) is 1. The van der Waals surface area contributed by atoms with E-state index in [0.29, 0.717) is 5.56 Å². The summed E-state index contributed by atoms with van der Waals surface area (Å²) in [6.07, 6.45) is 0. The van der Waals surface area contributed by atoms with Gasteiger partial charge in [0.15, 0.2) is 6.61 Å². The molecule has 0 spiro atoms. The number of hydrogen-bond acceptors (Lipinski definition) is 7. The van der Waals surface area contributed by atoms with Crippen LogP contribution >= 0.6 is 11.3 Å². The Morgan fingerprint density at radius 1 is 1.24 bits per heavy atom. The van der Waals surface area contributed by atoms with Gasteiger partial charge in [0.2, 0.25) is 0 Å². The number of fused-ring (bicyclic) bond motifs is 1. The monoisotopic (exact) mass is 357 g/mol. The summed E-state index contributed by atoms with van der Waals surface area (Å²) in [5.74, 6) is -1.32. The van der Waals surface area contributed by atoms with E-state index in [2.05, 4.69) is 10.3 Å². The zero-order valence-corrected chi connectivity index (χ0v) is 13.5. The van der Waals surface area contributed by atoms with E-state index in [-0.39, 0.29) is 11.4 Å². The molecule has 1 heterocycles. The molecular formula is C16H11N3O5S. The van der Waals surface area contributed by atoms with Gasteiger partial charge in [0.25, 0.3) is 11.6 Å². The van der Waals surface area contributed by atoms with Crippen LogP contribution in [0, 0.1) is 10.1 Å². The van der Waals surface area contributed by atoms with Crippen molar-refractivity contribution in [2.24, 2.45) is 0 Å². The number of rotatable bonds is 5. The number of anilines is 1. The van der Waals surface area contributed by atoms with Crippen molar-refractivity contribution in [3.05, 3.63) is 63.7 Å². The number of amides is 1. The lowest BCUT2D eigenvalue weighted by atomic mass is 10.2. The second-order valence-electron chi connectivity index (χ2n) is 4.93. The number of ether oxygens (including phenoxy) is 1. The van der Waals surface area contributed by atoms with Crippen LogP contribution in [0.4, 0.5) is 11.4 Å². The van der Waals surface area contributed by atoms with E-state index in [1.807, 2.05) is 0 Å². The quantitative estimate of drug-likeness (QED) is 0.427. The van der Waals surface area contributed by atoms with Crippen LogP contribution in [0.3, 0.4) is 0 Å². The molecule has 0 bridgehead atoms. The fraction of sp³-hybridized carbons (Fsp3) is 0.0625. The molecule has 0 unspecified atom stereocenters. The Morgan fingerprint density at radius 2 is 2.04 bits per heavy atom. The first kappa shape index (κ1) is 16.5. The normalized spacial score (nSPS) is 10.4. The van der Waals surface area contributed by atoms with Gasteiger partial charge < -0.3 is 10.1 Å². The van der Waals surface area contributed by atoms with Crippen LogP contribution in [0.15, 0.2) is 48.0 Å². The predicted molar refractivity (Wildman–Crippen MR) is 91.6 cm³/mol. The maximum Gasteiger partial charge on any atom is 0.338 e. The van der Waals surface area contributed by atoms with Crippen molar-refractivity contribution in [2.45, 2.75) is 0 Å². The molecule has 1 amide bonds. The summed E-state index contributed by atoms with van der Waals surface area (Å²) < 4.78 is 5.78. The third kappa shape index (κ3) is 3.78. The first-order chi connectivity index (χ1) is 12.0. The topological polar surface area (TPSA) is 111 Å². The minimum atomic E-state index is -0.665. The second-order valence-corrected chi connectivity index (χ2v) is 5.82. The van der Waals surface area contributed by atoms with Gasteiger partial charge in [-0.1, -0.05) is 12.1 Å². The number of thiazole rings is 1. The van der Waals surface area contributed by atoms with Gasteiger partial charge in [-0.2, -0.15) is 0 Å². The number of nitrogens with one attached hydrogen (secondary N) is 1. The van der Waals surface area contributed by atoms with Crippen molar-refractivity contribution < 1.29 is 19.2 Å². The van der Waals surface area contributed by atoms with E-state index in [1.54, 1.807) is 29.8 Å². The Kier molecular flexibility index (Phi) is 4.66. The number of nitro groups is 1. The fourth-order valence-electron chi connectivity index (χ4n) is 2.12. The highest BCUT2D eigenvalue weighted by atomic mass is 32.1. The molecule has 126 valence electrons. The average molecular weight is 357 g/mol. The summed E-state index contributed by atoms with van der Waals surface area (Å²) in [7, 11) is 0. The summed E-state index contributed by atoms with van der Waals surface area (Å²) in [5, 5.41) is 13.3. The van der Waals surface area contributed by atoms with Crippen LogP contribution in [0.25, 0.3) is 10.2 Å². The molecule has 0 saturated carbocycles. The lowest BCUT2D eigenvalue weighted by Gasteiger charge is -2.07. The number of nitro benzene ring substituents is 1. The number of para-hydroxylation sites is 2. The second kappa shape index (κ2) is 7.05. The standard InChI is InChI=1S/C16H11N3O5S/c20-15(18-11-3-1-2-4-13(11)19(22)23)8-24-16(21)10-5-6-12-14(7-10)25-9-17-12/h1-7,9H,8H2,(H,18,20). The third-order valence-electron chi connectivity index (χ3n) is 3.28. The van der Waals surface area contributed by atoms with Crippen LogP contribution in [-0.2, 0) is 9.53 Å². The first-order valence-electron chi connectivity index (χ1n) is 7.08. The summed E-state index contributed by atoms with van der Waals surface area (Å²) in [6.45, 7) is -0.550. The Bertz CT molecular complexity index is 969. The number of benzene rings is 2. The van der Waals surface area contributed by atoms with Crippen molar-refractivity contribution in [1.29, 1.82) is 0 Å². The molecule has 1 N–H and O–H groups in total. The highest BCUT2D eigenvalue weighted by Gasteiger charge is 2.16. The number of carbonyl (C=O) groups is 2. The summed E-state index contributed by atoms with van der Waals surface area (Å²) in [5.41, 5.74) is 2.54. The number of nitrogens with zero attached hydrogens (tertiary/aromatic N) is 2. The van der Waals surface area contributed by atoms with Gasteiger partial charge >= 0.3 is 5.97 Å². The summed E-state index contributed by atoms with van der Waals surface area (Å²) in [4.78, 5) is 38.3. The minimum Gasteiger partial charge on any atom is -0.452 e. The van der Waals surface area contributed by atoms with Crippen molar-refractivity contribution in [2.75, 3.05) is 11.9 Å². The van der Waals surface area contributed by atoms with Gasteiger partial charge in [0, 0.05) is 6.07 Å². The van der Waals surface area contributed by atoms with Gasteiger partial charge in [-0.05, 0) is 24.3 Å². The molecule has 0 radical (unpaired) electrons. The van der Waals surface area contributed by atoms with Crippen molar-refractivity contribution in [3.8, 4) is 0 Å². The van der Waals surface area contributed by atoms with E-state index in [1.165, 1.54) is 29.5 Å². The molecule has 0 fully saturated rings. The smallest absolute Gasteiger partial charge is 0.338 e. The van der Waals surface area contributed by atoms with Crippen molar-refractivity contribution >= 4 is 44.8 Å². The van der Waals surface area contributed by atoms with Crippen LogP contribution in [0.1, 0.15) is 10.4 Å². The van der Waals surface area contributed by atoms with Crippen LogP contribution < -0.4 is 5.32 Å². The van der Waals surface area contributed by atoms with Gasteiger partial charge in [-0.15, -0.1) is 11.3 Å². The Morgan fingerprint density at radius 3 is 2.84 bits per heavy atom. The highest BCUT2D eigenvalue weighted by Crippen LogP contribution is 2.23. The molecule has 0 aliphatic rings. The highest BCUT2D eigenvalue weighted by molar-refractivity contribution is 7.16. The lowest BCUT2D eigenvalue weighted by molar-refractivity contribution is -0.383.